The first-order valence-electron chi connectivity index (χ1n) is 8.37. The molecule has 9 heteroatoms. The normalized spacial score (nSPS) is 18.3. The molecule has 0 aromatic heterocycles. The highest BCUT2D eigenvalue weighted by Gasteiger charge is 2.22. The SMILES string of the molecule is CN1CCOc2ccc(S(=O)(=O)/N=C3/NN=C(c4ccccc4)CS3)cc21. The van der Waals surface area contributed by atoms with Crippen molar-refractivity contribution < 1.29 is 13.2 Å². The van der Waals surface area contributed by atoms with E-state index in [1.54, 1.807) is 12.1 Å². The molecular weight excluding hydrogens is 384 g/mol. The fourth-order valence-corrected chi connectivity index (χ4v) is 4.78. The molecule has 0 saturated carbocycles. The Morgan fingerprint density at radius 2 is 2.04 bits per heavy atom. The topological polar surface area (TPSA) is 83.4 Å². The Morgan fingerprint density at radius 3 is 2.78 bits per heavy atom. The van der Waals surface area contributed by atoms with Crippen LogP contribution in [0.2, 0.25) is 0 Å². The zero-order valence-corrected chi connectivity index (χ0v) is 16.3. The van der Waals surface area contributed by atoms with Gasteiger partial charge in [0.15, 0.2) is 5.17 Å². The van der Waals surface area contributed by atoms with Crippen molar-refractivity contribution in [2.24, 2.45) is 9.50 Å². The molecule has 0 fully saturated rings. The summed E-state index contributed by atoms with van der Waals surface area (Å²) in [7, 11) is -1.94. The minimum Gasteiger partial charge on any atom is -0.490 e. The lowest BCUT2D eigenvalue weighted by atomic mass is 10.1. The Labute approximate surface area is 162 Å². The van der Waals surface area contributed by atoms with Gasteiger partial charge in [-0.05, 0) is 23.8 Å². The van der Waals surface area contributed by atoms with Crippen LogP contribution in [0.25, 0.3) is 0 Å². The molecule has 2 aliphatic rings. The van der Waals surface area contributed by atoms with E-state index < -0.39 is 10.0 Å². The van der Waals surface area contributed by atoms with E-state index in [9.17, 15) is 8.42 Å². The maximum atomic E-state index is 12.7. The van der Waals surface area contributed by atoms with Crippen LogP contribution in [0.3, 0.4) is 0 Å². The van der Waals surface area contributed by atoms with Gasteiger partial charge < -0.3 is 9.64 Å². The summed E-state index contributed by atoms with van der Waals surface area (Å²) in [5, 5.41) is 4.52. The average Bonchev–Trinajstić information content (AvgIpc) is 2.69. The Balaban J connectivity index is 1.57. The number of fused-ring (bicyclic) bond motifs is 1. The second-order valence-electron chi connectivity index (χ2n) is 6.10. The molecular formula is C18H18N4O3S2. The number of benzene rings is 2. The monoisotopic (exact) mass is 402 g/mol. The van der Waals surface area contributed by atoms with Crippen LogP contribution in [0.1, 0.15) is 5.56 Å². The molecule has 2 aliphatic heterocycles. The number of anilines is 1. The minimum atomic E-state index is -3.85. The minimum absolute atomic E-state index is 0.131. The Kier molecular flexibility index (Phi) is 4.79. The molecule has 140 valence electrons. The summed E-state index contributed by atoms with van der Waals surface area (Å²) < 4.78 is 34.9. The molecule has 2 aromatic carbocycles. The molecule has 0 saturated heterocycles. The molecule has 7 nitrogen and oxygen atoms in total. The van der Waals surface area contributed by atoms with Gasteiger partial charge in [-0.15, -0.1) is 4.40 Å². The van der Waals surface area contributed by atoms with Crippen molar-refractivity contribution in [2.45, 2.75) is 4.90 Å². The van der Waals surface area contributed by atoms with E-state index in [2.05, 4.69) is 14.9 Å². The first kappa shape index (κ1) is 17.9. The Hall–Kier alpha value is -2.52. The van der Waals surface area contributed by atoms with Crippen molar-refractivity contribution in [2.75, 3.05) is 30.9 Å². The van der Waals surface area contributed by atoms with Crippen molar-refractivity contribution in [1.82, 2.24) is 5.43 Å². The number of ether oxygens (including phenoxy) is 1. The molecule has 27 heavy (non-hydrogen) atoms. The third-order valence-corrected chi connectivity index (χ3v) is 6.53. The number of likely N-dealkylation sites (N-methyl/N-ethyl adjacent to an activating group) is 1. The molecule has 0 atom stereocenters. The smallest absolute Gasteiger partial charge is 0.284 e. The van der Waals surface area contributed by atoms with Crippen molar-refractivity contribution in [1.29, 1.82) is 0 Å². The molecule has 1 N–H and O–H groups in total. The van der Waals surface area contributed by atoms with Gasteiger partial charge in [0.05, 0.1) is 22.8 Å². The van der Waals surface area contributed by atoms with Crippen molar-refractivity contribution >= 4 is 38.4 Å². The molecule has 0 spiro atoms. The molecule has 0 aliphatic carbocycles. The molecule has 2 heterocycles. The van der Waals surface area contributed by atoms with Crippen LogP contribution in [0.15, 0.2) is 62.9 Å². The number of hydrogen-bond acceptors (Lipinski definition) is 6. The van der Waals surface area contributed by atoms with Gasteiger partial charge in [-0.1, -0.05) is 42.1 Å². The molecule has 0 unspecified atom stereocenters. The third kappa shape index (κ3) is 3.79. The van der Waals surface area contributed by atoms with Crippen LogP contribution < -0.4 is 15.1 Å². The predicted octanol–water partition coefficient (Wildman–Crippen LogP) is 2.30. The fraction of sp³-hybridized carbons (Fsp3) is 0.222. The van der Waals surface area contributed by atoms with Gasteiger partial charge in [-0.25, -0.2) is 0 Å². The van der Waals surface area contributed by atoms with Crippen LogP contribution in [0.5, 0.6) is 5.75 Å². The first-order chi connectivity index (χ1) is 13.0. The Morgan fingerprint density at radius 1 is 1.22 bits per heavy atom. The van der Waals surface area contributed by atoms with Crippen molar-refractivity contribution in [3.05, 3.63) is 54.1 Å². The van der Waals surface area contributed by atoms with Crippen LogP contribution >= 0.6 is 11.8 Å². The molecule has 4 rings (SSSR count). The summed E-state index contributed by atoms with van der Waals surface area (Å²) in [4.78, 5) is 2.10. The van der Waals surface area contributed by atoms with Gasteiger partial charge in [0.2, 0.25) is 0 Å². The summed E-state index contributed by atoms with van der Waals surface area (Å²) in [5.74, 6) is 1.23. The summed E-state index contributed by atoms with van der Waals surface area (Å²) >= 11 is 1.31. The first-order valence-corrected chi connectivity index (χ1v) is 10.8. The second-order valence-corrected chi connectivity index (χ2v) is 8.66. The number of amidine groups is 1. The number of thioether (sulfide) groups is 1. The summed E-state index contributed by atoms with van der Waals surface area (Å²) in [5.41, 5.74) is 5.35. The molecule has 2 aromatic rings. The molecule has 0 radical (unpaired) electrons. The van der Waals surface area contributed by atoms with E-state index >= 15 is 0 Å². The maximum Gasteiger partial charge on any atom is 0.284 e. The number of sulfonamides is 1. The number of hydrazone groups is 1. The van der Waals surface area contributed by atoms with E-state index in [1.807, 2.05) is 42.3 Å². The lowest BCUT2D eigenvalue weighted by Crippen LogP contribution is -2.29. The largest absolute Gasteiger partial charge is 0.490 e. The van der Waals surface area contributed by atoms with Crippen LogP contribution in [0, 0.1) is 0 Å². The second kappa shape index (κ2) is 7.24. The van der Waals surface area contributed by atoms with Gasteiger partial charge in [0.1, 0.15) is 12.4 Å². The van der Waals surface area contributed by atoms with E-state index in [0.717, 1.165) is 17.0 Å². The van der Waals surface area contributed by atoms with Crippen LogP contribution in [0.4, 0.5) is 5.69 Å². The highest BCUT2D eigenvalue weighted by atomic mass is 32.2. The van der Waals surface area contributed by atoms with Gasteiger partial charge >= 0.3 is 0 Å². The van der Waals surface area contributed by atoms with Gasteiger partial charge in [-0.2, -0.15) is 13.5 Å². The quantitative estimate of drug-likeness (QED) is 0.848. The predicted molar refractivity (Wildman–Crippen MR) is 108 cm³/mol. The number of nitrogens with one attached hydrogen (secondary N) is 1. The van der Waals surface area contributed by atoms with Gasteiger partial charge in [-0.3, -0.25) is 5.43 Å². The fourth-order valence-electron chi connectivity index (χ4n) is 2.79. The van der Waals surface area contributed by atoms with Crippen molar-refractivity contribution in [3.63, 3.8) is 0 Å². The van der Waals surface area contributed by atoms with Crippen LogP contribution in [-0.2, 0) is 10.0 Å². The highest BCUT2D eigenvalue weighted by molar-refractivity contribution is 8.15. The number of rotatable bonds is 3. The van der Waals surface area contributed by atoms with Crippen molar-refractivity contribution in [3.8, 4) is 5.75 Å². The molecule has 0 bridgehead atoms. The third-order valence-electron chi connectivity index (χ3n) is 4.27. The highest BCUT2D eigenvalue weighted by Crippen LogP contribution is 2.33. The lowest BCUT2D eigenvalue weighted by molar-refractivity contribution is 0.311. The van der Waals surface area contributed by atoms with E-state index in [1.165, 1.54) is 17.8 Å². The lowest BCUT2D eigenvalue weighted by Gasteiger charge is -2.27. The van der Waals surface area contributed by atoms with E-state index in [0.29, 0.717) is 24.7 Å². The van der Waals surface area contributed by atoms with E-state index in [-0.39, 0.29) is 10.1 Å². The Bertz CT molecular complexity index is 1020. The molecule has 0 amide bonds. The van der Waals surface area contributed by atoms with Gasteiger partial charge in [0.25, 0.3) is 10.0 Å². The summed E-state index contributed by atoms with van der Waals surface area (Å²) in [6.07, 6.45) is 0. The summed E-state index contributed by atoms with van der Waals surface area (Å²) in [6, 6.07) is 14.5. The van der Waals surface area contributed by atoms with Gasteiger partial charge in [0, 0.05) is 12.8 Å². The summed E-state index contributed by atoms with van der Waals surface area (Å²) in [6.45, 7) is 1.29. The number of hydrogen-bond donors (Lipinski definition) is 1. The van der Waals surface area contributed by atoms with Crippen LogP contribution in [-0.4, -0.2) is 45.2 Å². The maximum absolute atomic E-state index is 12.7. The zero-order chi connectivity index (χ0) is 18.9. The average molecular weight is 403 g/mol. The van der Waals surface area contributed by atoms with E-state index in [4.69, 9.17) is 4.74 Å². The standard InChI is InChI=1S/C18H18N4O3S2/c1-22-9-10-25-17-8-7-14(11-16(17)22)27(23,24)21-18-20-19-15(12-26-18)13-5-3-2-4-6-13/h2-8,11H,9-10,12H2,1H3,(H,20,21). The zero-order valence-electron chi connectivity index (χ0n) is 14.6. The number of nitrogens with zero attached hydrogens (tertiary/aromatic N) is 3.